The third-order valence-electron chi connectivity index (χ3n) is 3.77. The van der Waals surface area contributed by atoms with Crippen molar-refractivity contribution < 1.29 is 12.8 Å². The van der Waals surface area contributed by atoms with Crippen LogP contribution in [0.4, 0.5) is 21.6 Å². The lowest BCUT2D eigenvalue weighted by Crippen LogP contribution is -2.15. The van der Waals surface area contributed by atoms with E-state index < -0.39 is 10.0 Å². The minimum Gasteiger partial charge on any atom is -0.354 e. The molecule has 0 saturated carbocycles. The van der Waals surface area contributed by atoms with Crippen LogP contribution in [0.2, 0.25) is 0 Å². The number of aromatic nitrogens is 1. The Morgan fingerprint density at radius 3 is 2.27 bits per heavy atom. The standard InChI is InChI=1S/C19H18FN3O2S/c1-13-3-4-14(2)18(11-13)26(24,25)23-19-10-9-17(12-21-19)22-16-7-5-15(20)6-8-16/h3-12,22H,1-2H3,(H,21,23). The zero-order valence-electron chi connectivity index (χ0n) is 14.3. The van der Waals surface area contributed by atoms with Crippen molar-refractivity contribution in [2.75, 3.05) is 10.0 Å². The lowest BCUT2D eigenvalue weighted by Gasteiger charge is -2.11. The highest BCUT2D eigenvalue weighted by Crippen LogP contribution is 2.21. The molecule has 0 spiro atoms. The van der Waals surface area contributed by atoms with Gasteiger partial charge in [-0.25, -0.2) is 17.8 Å². The van der Waals surface area contributed by atoms with Gasteiger partial charge in [0.2, 0.25) is 0 Å². The first kappa shape index (κ1) is 17.9. The summed E-state index contributed by atoms with van der Waals surface area (Å²) in [6.07, 6.45) is 1.50. The largest absolute Gasteiger partial charge is 0.354 e. The molecule has 0 unspecified atom stereocenters. The normalized spacial score (nSPS) is 11.2. The Balaban J connectivity index is 1.76. The molecule has 5 nitrogen and oxygen atoms in total. The van der Waals surface area contributed by atoms with Crippen LogP contribution >= 0.6 is 0 Å². The van der Waals surface area contributed by atoms with E-state index in [0.717, 1.165) is 5.56 Å². The fourth-order valence-corrected chi connectivity index (χ4v) is 3.76. The molecule has 2 N–H and O–H groups in total. The molecule has 0 radical (unpaired) electrons. The average Bonchev–Trinajstić information content (AvgIpc) is 2.60. The van der Waals surface area contributed by atoms with Gasteiger partial charge in [-0.3, -0.25) is 4.72 Å². The molecule has 2 aromatic carbocycles. The molecular formula is C19H18FN3O2S. The number of anilines is 3. The van der Waals surface area contributed by atoms with Gasteiger partial charge in [-0.05, 0) is 67.4 Å². The number of nitrogens with one attached hydrogen (secondary N) is 2. The van der Waals surface area contributed by atoms with Gasteiger partial charge in [0.1, 0.15) is 11.6 Å². The molecule has 1 aromatic heterocycles. The summed E-state index contributed by atoms with van der Waals surface area (Å²) in [5.41, 5.74) is 2.89. The van der Waals surface area contributed by atoms with Crippen LogP contribution in [0.25, 0.3) is 0 Å². The zero-order valence-corrected chi connectivity index (χ0v) is 15.1. The van der Waals surface area contributed by atoms with E-state index in [4.69, 9.17) is 0 Å². The quantitative estimate of drug-likeness (QED) is 0.698. The van der Waals surface area contributed by atoms with Crippen molar-refractivity contribution in [3.05, 3.63) is 77.7 Å². The number of halogens is 1. The van der Waals surface area contributed by atoms with Gasteiger partial charge in [-0.2, -0.15) is 0 Å². The van der Waals surface area contributed by atoms with Crippen molar-refractivity contribution in [3.8, 4) is 0 Å². The smallest absolute Gasteiger partial charge is 0.263 e. The van der Waals surface area contributed by atoms with Crippen LogP contribution in [0.15, 0.2) is 65.7 Å². The van der Waals surface area contributed by atoms with Crippen LogP contribution in [0.5, 0.6) is 0 Å². The zero-order chi connectivity index (χ0) is 18.7. The SMILES string of the molecule is Cc1ccc(C)c(S(=O)(=O)Nc2ccc(Nc3ccc(F)cc3)cn2)c1. The Morgan fingerprint density at radius 2 is 1.62 bits per heavy atom. The highest BCUT2D eigenvalue weighted by Gasteiger charge is 2.17. The van der Waals surface area contributed by atoms with E-state index in [1.54, 1.807) is 43.3 Å². The summed E-state index contributed by atoms with van der Waals surface area (Å²) >= 11 is 0. The first-order chi connectivity index (χ1) is 12.3. The summed E-state index contributed by atoms with van der Waals surface area (Å²) in [6.45, 7) is 3.59. The predicted octanol–water partition coefficient (Wildman–Crippen LogP) is 4.38. The number of pyridine rings is 1. The third-order valence-corrected chi connectivity index (χ3v) is 5.27. The fraction of sp³-hybridized carbons (Fsp3) is 0.105. The van der Waals surface area contributed by atoms with Crippen molar-refractivity contribution in [2.24, 2.45) is 0 Å². The number of rotatable bonds is 5. The lowest BCUT2D eigenvalue weighted by molar-refractivity contribution is 0.600. The summed E-state index contributed by atoms with van der Waals surface area (Å²) < 4.78 is 40.6. The lowest BCUT2D eigenvalue weighted by atomic mass is 10.2. The molecule has 0 bridgehead atoms. The molecule has 134 valence electrons. The van der Waals surface area contributed by atoms with E-state index in [-0.39, 0.29) is 16.5 Å². The molecule has 0 atom stereocenters. The van der Waals surface area contributed by atoms with E-state index in [2.05, 4.69) is 15.0 Å². The van der Waals surface area contributed by atoms with E-state index in [1.807, 2.05) is 13.0 Å². The summed E-state index contributed by atoms with van der Waals surface area (Å²) in [6, 6.07) is 14.4. The van der Waals surface area contributed by atoms with Crippen molar-refractivity contribution in [1.29, 1.82) is 0 Å². The Kier molecular flexibility index (Phi) is 4.90. The number of hydrogen-bond donors (Lipinski definition) is 2. The van der Waals surface area contributed by atoms with Crippen molar-refractivity contribution >= 4 is 27.2 Å². The summed E-state index contributed by atoms with van der Waals surface area (Å²) in [5.74, 6) is -0.0968. The summed E-state index contributed by atoms with van der Waals surface area (Å²) in [7, 11) is -3.72. The first-order valence-corrected chi connectivity index (χ1v) is 9.40. The summed E-state index contributed by atoms with van der Waals surface area (Å²) in [4.78, 5) is 4.36. The van der Waals surface area contributed by atoms with E-state index >= 15 is 0 Å². The Hall–Kier alpha value is -2.93. The molecule has 1 heterocycles. The molecule has 0 saturated heterocycles. The topological polar surface area (TPSA) is 71.1 Å². The van der Waals surface area contributed by atoms with Crippen molar-refractivity contribution in [3.63, 3.8) is 0 Å². The highest BCUT2D eigenvalue weighted by atomic mass is 32.2. The number of aryl methyl sites for hydroxylation is 2. The Labute approximate surface area is 152 Å². The van der Waals surface area contributed by atoms with Gasteiger partial charge in [0, 0.05) is 5.69 Å². The average molecular weight is 371 g/mol. The van der Waals surface area contributed by atoms with Gasteiger partial charge in [0.25, 0.3) is 10.0 Å². The Bertz CT molecular complexity index is 1020. The van der Waals surface area contributed by atoms with Crippen LogP contribution < -0.4 is 10.0 Å². The maximum Gasteiger partial charge on any atom is 0.263 e. The third kappa shape index (κ3) is 4.18. The van der Waals surface area contributed by atoms with Gasteiger partial charge in [0.05, 0.1) is 16.8 Å². The van der Waals surface area contributed by atoms with Crippen LogP contribution in [-0.4, -0.2) is 13.4 Å². The highest BCUT2D eigenvalue weighted by molar-refractivity contribution is 7.92. The number of nitrogens with zero attached hydrogens (tertiary/aromatic N) is 1. The van der Waals surface area contributed by atoms with Gasteiger partial charge in [0.15, 0.2) is 0 Å². The van der Waals surface area contributed by atoms with Crippen LogP contribution in [0.3, 0.4) is 0 Å². The van der Waals surface area contributed by atoms with Gasteiger partial charge < -0.3 is 5.32 Å². The molecule has 3 rings (SSSR count). The second-order valence-corrected chi connectivity index (χ2v) is 7.59. The number of sulfonamides is 1. The minimum absolute atomic E-state index is 0.218. The molecule has 0 aliphatic heterocycles. The van der Waals surface area contributed by atoms with Crippen LogP contribution in [0.1, 0.15) is 11.1 Å². The maximum atomic E-state index is 12.9. The molecule has 26 heavy (non-hydrogen) atoms. The molecular weight excluding hydrogens is 353 g/mol. The molecule has 0 aliphatic carbocycles. The first-order valence-electron chi connectivity index (χ1n) is 7.92. The molecule has 0 aliphatic rings. The second-order valence-electron chi connectivity index (χ2n) is 5.94. The Morgan fingerprint density at radius 1 is 0.923 bits per heavy atom. The molecule has 7 heteroatoms. The predicted molar refractivity (Wildman–Crippen MR) is 101 cm³/mol. The molecule has 3 aromatic rings. The molecule has 0 amide bonds. The van der Waals surface area contributed by atoms with Gasteiger partial charge in [-0.1, -0.05) is 12.1 Å². The summed E-state index contributed by atoms with van der Waals surface area (Å²) in [5, 5.41) is 3.06. The van der Waals surface area contributed by atoms with Crippen LogP contribution in [0, 0.1) is 19.7 Å². The maximum absolute atomic E-state index is 12.9. The van der Waals surface area contributed by atoms with Crippen molar-refractivity contribution in [1.82, 2.24) is 4.98 Å². The van der Waals surface area contributed by atoms with E-state index in [0.29, 0.717) is 16.9 Å². The van der Waals surface area contributed by atoms with Gasteiger partial charge >= 0.3 is 0 Å². The van der Waals surface area contributed by atoms with Gasteiger partial charge in [-0.15, -0.1) is 0 Å². The monoisotopic (exact) mass is 371 g/mol. The fourth-order valence-electron chi connectivity index (χ4n) is 2.42. The van der Waals surface area contributed by atoms with E-state index in [9.17, 15) is 12.8 Å². The van der Waals surface area contributed by atoms with E-state index in [1.165, 1.54) is 18.3 Å². The minimum atomic E-state index is -3.72. The van der Waals surface area contributed by atoms with Crippen molar-refractivity contribution in [2.45, 2.75) is 18.7 Å². The number of benzene rings is 2. The van der Waals surface area contributed by atoms with Crippen LogP contribution in [-0.2, 0) is 10.0 Å². The second kappa shape index (κ2) is 7.13. The molecule has 0 fully saturated rings. The number of hydrogen-bond acceptors (Lipinski definition) is 4.